The first-order valence-corrected chi connectivity index (χ1v) is 6.68. The summed E-state index contributed by atoms with van der Waals surface area (Å²) in [7, 11) is 0. The van der Waals surface area contributed by atoms with Crippen LogP contribution in [0.3, 0.4) is 0 Å². The molecule has 0 aromatic heterocycles. The van der Waals surface area contributed by atoms with Crippen LogP contribution in [-0.4, -0.2) is 11.0 Å². The quantitative estimate of drug-likeness (QED) is 0.911. The minimum absolute atomic E-state index is 0.0974. The lowest BCUT2D eigenvalue weighted by Crippen LogP contribution is -2.28. The molecule has 0 aliphatic rings. The van der Waals surface area contributed by atoms with E-state index in [9.17, 15) is 15.2 Å². The molecular formula is C16H13ClN2O2. The Morgan fingerprint density at radius 3 is 2.62 bits per heavy atom. The van der Waals surface area contributed by atoms with Crippen LogP contribution in [0, 0.1) is 11.3 Å². The summed E-state index contributed by atoms with van der Waals surface area (Å²) < 4.78 is 0. The first-order chi connectivity index (χ1) is 10.1. The molecule has 1 atom stereocenters. The molecule has 0 aliphatic heterocycles. The van der Waals surface area contributed by atoms with Crippen LogP contribution in [0.25, 0.3) is 0 Å². The SMILES string of the molecule is N#C[C@@H](NC(=O)Cc1cccc(O)c1)c1ccc(Cl)cc1. The highest BCUT2D eigenvalue weighted by Crippen LogP contribution is 2.17. The minimum Gasteiger partial charge on any atom is -0.508 e. The second-order valence-electron chi connectivity index (χ2n) is 4.53. The molecule has 4 nitrogen and oxygen atoms in total. The van der Waals surface area contributed by atoms with Gasteiger partial charge in [0, 0.05) is 5.02 Å². The minimum atomic E-state index is -0.730. The van der Waals surface area contributed by atoms with Crippen LogP contribution in [0.5, 0.6) is 5.75 Å². The summed E-state index contributed by atoms with van der Waals surface area (Å²) in [5.74, 6) is -0.183. The van der Waals surface area contributed by atoms with Crippen molar-refractivity contribution >= 4 is 17.5 Å². The van der Waals surface area contributed by atoms with Gasteiger partial charge in [-0.2, -0.15) is 5.26 Å². The predicted octanol–water partition coefficient (Wildman–Crippen LogP) is 2.97. The number of rotatable bonds is 4. The Balaban J connectivity index is 2.03. The van der Waals surface area contributed by atoms with Gasteiger partial charge >= 0.3 is 0 Å². The van der Waals surface area contributed by atoms with Crippen molar-refractivity contribution in [3.8, 4) is 11.8 Å². The lowest BCUT2D eigenvalue weighted by atomic mass is 10.1. The summed E-state index contributed by atoms with van der Waals surface area (Å²) in [4.78, 5) is 12.0. The van der Waals surface area contributed by atoms with Crippen molar-refractivity contribution in [1.29, 1.82) is 5.26 Å². The highest BCUT2D eigenvalue weighted by atomic mass is 35.5. The van der Waals surface area contributed by atoms with Gasteiger partial charge in [-0.25, -0.2) is 0 Å². The predicted molar refractivity (Wildman–Crippen MR) is 79.8 cm³/mol. The number of carbonyl (C=O) groups excluding carboxylic acids is 1. The first kappa shape index (κ1) is 14.9. The van der Waals surface area contributed by atoms with Gasteiger partial charge in [-0.05, 0) is 35.4 Å². The number of phenols is 1. The lowest BCUT2D eigenvalue weighted by Gasteiger charge is -2.12. The number of benzene rings is 2. The number of hydrogen-bond acceptors (Lipinski definition) is 3. The summed E-state index contributed by atoms with van der Waals surface area (Å²) in [6.45, 7) is 0. The fourth-order valence-electron chi connectivity index (χ4n) is 1.91. The number of halogens is 1. The molecule has 0 spiro atoms. The Hall–Kier alpha value is -2.51. The van der Waals surface area contributed by atoms with Crippen molar-refractivity contribution in [3.63, 3.8) is 0 Å². The number of phenolic OH excluding ortho intramolecular Hbond substituents is 1. The highest BCUT2D eigenvalue weighted by molar-refractivity contribution is 6.30. The molecule has 0 unspecified atom stereocenters. The number of hydrogen-bond donors (Lipinski definition) is 2. The van der Waals surface area contributed by atoms with E-state index in [0.29, 0.717) is 16.1 Å². The zero-order valence-electron chi connectivity index (χ0n) is 11.1. The van der Waals surface area contributed by atoms with E-state index in [4.69, 9.17) is 11.6 Å². The highest BCUT2D eigenvalue weighted by Gasteiger charge is 2.14. The zero-order chi connectivity index (χ0) is 15.2. The molecule has 2 N–H and O–H groups in total. The van der Waals surface area contributed by atoms with Crippen LogP contribution >= 0.6 is 11.6 Å². The second kappa shape index (κ2) is 6.78. The standard InChI is InChI=1S/C16H13ClN2O2/c17-13-6-4-12(5-7-13)15(10-18)19-16(21)9-11-2-1-3-14(20)8-11/h1-8,15,20H,9H2,(H,19,21)/t15-/m1/s1. The molecule has 106 valence electrons. The normalized spacial score (nSPS) is 11.4. The molecule has 0 aliphatic carbocycles. The van der Waals surface area contributed by atoms with Crippen LogP contribution in [0.15, 0.2) is 48.5 Å². The molecule has 2 rings (SSSR count). The molecule has 5 heteroatoms. The summed E-state index contributed by atoms with van der Waals surface area (Å²) >= 11 is 5.79. The molecule has 2 aromatic carbocycles. The van der Waals surface area contributed by atoms with E-state index in [1.807, 2.05) is 6.07 Å². The Bertz CT molecular complexity index is 677. The monoisotopic (exact) mass is 300 g/mol. The van der Waals surface area contributed by atoms with Crippen molar-refractivity contribution < 1.29 is 9.90 Å². The second-order valence-corrected chi connectivity index (χ2v) is 4.96. The maximum absolute atomic E-state index is 12.0. The van der Waals surface area contributed by atoms with Crippen molar-refractivity contribution in [1.82, 2.24) is 5.32 Å². The van der Waals surface area contributed by atoms with Crippen LogP contribution < -0.4 is 5.32 Å². The molecule has 21 heavy (non-hydrogen) atoms. The molecule has 0 bridgehead atoms. The van der Waals surface area contributed by atoms with E-state index in [-0.39, 0.29) is 18.1 Å². The third-order valence-corrected chi connectivity index (χ3v) is 3.16. The molecule has 2 aromatic rings. The maximum atomic E-state index is 12.0. The molecule has 0 saturated heterocycles. The summed E-state index contributed by atoms with van der Waals surface area (Å²) in [5, 5.41) is 21.7. The molecule has 1 amide bonds. The van der Waals surface area contributed by atoms with E-state index in [1.165, 1.54) is 12.1 Å². The molecule has 0 fully saturated rings. The Morgan fingerprint density at radius 1 is 1.29 bits per heavy atom. The van der Waals surface area contributed by atoms with Crippen molar-refractivity contribution in [2.45, 2.75) is 12.5 Å². The van der Waals surface area contributed by atoms with Gasteiger partial charge in [0.1, 0.15) is 11.8 Å². The average Bonchev–Trinajstić information content (AvgIpc) is 2.46. The Labute approximate surface area is 127 Å². The Kier molecular flexibility index (Phi) is 4.81. The van der Waals surface area contributed by atoms with Gasteiger partial charge in [0.15, 0.2) is 0 Å². The van der Waals surface area contributed by atoms with Crippen LogP contribution in [-0.2, 0) is 11.2 Å². The fourth-order valence-corrected chi connectivity index (χ4v) is 2.04. The van der Waals surface area contributed by atoms with E-state index >= 15 is 0 Å². The summed E-state index contributed by atoms with van der Waals surface area (Å²) in [6, 6.07) is 14.5. The smallest absolute Gasteiger partial charge is 0.225 e. The van der Waals surface area contributed by atoms with Crippen molar-refractivity contribution in [2.75, 3.05) is 0 Å². The van der Waals surface area contributed by atoms with E-state index < -0.39 is 6.04 Å². The van der Waals surface area contributed by atoms with Crippen LogP contribution in [0.4, 0.5) is 0 Å². The number of nitriles is 1. The van der Waals surface area contributed by atoms with Crippen LogP contribution in [0.1, 0.15) is 17.2 Å². The lowest BCUT2D eigenvalue weighted by molar-refractivity contribution is -0.120. The molecule has 0 radical (unpaired) electrons. The van der Waals surface area contributed by atoms with E-state index in [1.54, 1.807) is 36.4 Å². The van der Waals surface area contributed by atoms with Gasteiger partial charge in [-0.3, -0.25) is 4.79 Å². The van der Waals surface area contributed by atoms with Gasteiger partial charge in [-0.15, -0.1) is 0 Å². The molecular weight excluding hydrogens is 288 g/mol. The fraction of sp³-hybridized carbons (Fsp3) is 0.125. The van der Waals surface area contributed by atoms with Gasteiger partial charge in [-0.1, -0.05) is 35.9 Å². The number of aromatic hydroxyl groups is 1. The van der Waals surface area contributed by atoms with Crippen molar-refractivity contribution in [2.24, 2.45) is 0 Å². The van der Waals surface area contributed by atoms with E-state index in [2.05, 4.69) is 5.32 Å². The van der Waals surface area contributed by atoms with Gasteiger partial charge in [0.2, 0.25) is 5.91 Å². The third-order valence-electron chi connectivity index (χ3n) is 2.91. The molecule has 0 heterocycles. The number of nitrogens with zero attached hydrogens (tertiary/aromatic N) is 1. The maximum Gasteiger partial charge on any atom is 0.225 e. The van der Waals surface area contributed by atoms with Gasteiger partial charge in [0.05, 0.1) is 12.5 Å². The largest absolute Gasteiger partial charge is 0.508 e. The first-order valence-electron chi connectivity index (χ1n) is 6.31. The average molecular weight is 301 g/mol. The Morgan fingerprint density at radius 2 is 2.00 bits per heavy atom. The zero-order valence-corrected chi connectivity index (χ0v) is 11.8. The third kappa shape index (κ3) is 4.23. The topological polar surface area (TPSA) is 73.1 Å². The number of nitrogens with one attached hydrogen (secondary N) is 1. The number of amides is 1. The van der Waals surface area contributed by atoms with Crippen molar-refractivity contribution in [3.05, 3.63) is 64.7 Å². The van der Waals surface area contributed by atoms with Crippen LogP contribution in [0.2, 0.25) is 5.02 Å². The van der Waals surface area contributed by atoms with Gasteiger partial charge in [0.25, 0.3) is 0 Å². The summed E-state index contributed by atoms with van der Waals surface area (Å²) in [6.07, 6.45) is 0.0974. The number of carbonyl (C=O) groups is 1. The van der Waals surface area contributed by atoms with Gasteiger partial charge < -0.3 is 10.4 Å². The summed E-state index contributed by atoms with van der Waals surface area (Å²) in [5.41, 5.74) is 1.35. The molecule has 0 saturated carbocycles. The van der Waals surface area contributed by atoms with E-state index in [0.717, 1.165) is 0 Å².